The van der Waals surface area contributed by atoms with Crippen LogP contribution in [0.15, 0.2) is 54.6 Å². The predicted octanol–water partition coefficient (Wildman–Crippen LogP) is 1.93. The SMILES string of the molecule is O=C(O)CNC(=O)COc1ccccc1-c1ccccc1. The highest BCUT2D eigenvalue weighted by Crippen LogP contribution is 2.29. The highest BCUT2D eigenvalue weighted by molar-refractivity contribution is 5.82. The van der Waals surface area contributed by atoms with E-state index in [4.69, 9.17) is 9.84 Å². The lowest BCUT2D eigenvalue weighted by atomic mass is 10.1. The Balaban J connectivity index is 2.04. The largest absolute Gasteiger partial charge is 0.483 e. The number of carbonyl (C=O) groups excluding carboxylic acids is 1. The van der Waals surface area contributed by atoms with Gasteiger partial charge in [-0.25, -0.2) is 0 Å². The van der Waals surface area contributed by atoms with E-state index in [9.17, 15) is 9.59 Å². The van der Waals surface area contributed by atoms with Crippen molar-refractivity contribution < 1.29 is 19.4 Å². The van der Waals surface area contributed by atoms with Crippen molar-refractivity contribution in [2.24, 2.45) is 0 Å². The molecular formula is C16H15NO4. The van der Waals surface area contributed by atoms with Crippen molar-refractivity contribution in [1.82, 2.24) is 5.32 Å². The number of ether oxygens (including phenoxy) is 1. The summed E-state index contributed by atoms with van der Waals surface area (Å²) < 4.78 is 5.48. The Kier molecular flexibility index (Phi) is 4.93. The fourth-order valence-corrected chi connectivity index (χ4v) is 1.82. The number of carboxylic acids is 1. The summed E-state index contributed by atoms with van der Waals surface area (Å²) in [6, 6.07) is 17.0. The topological polar surface area (TPSA) is 75.6 Å². The Morgan fingerprint density at radius 2 is 1.67 bits per heavy atom. The van der Waals surface area contributed by atoms with E-state index in [0.717, 1.165) is 11.1 Å². The Morgan fingerprint density at radius 1 is 1.00 bits per heavy atom. The van der Waals surface area contributed by atoms with Gasteiger partial charge in [0.05, 0.1) is 0 Å². The molecule has 0 radical (unpaired) electrons. The Bertz CT molecular complexity index is 625. The molecule has 108 valence electrons. The minimum Gasteiger partial charge on any atom is -0.483 e. The first-order valence-electron chi connectivity index (χ1n) is 6.42. The molecule has 0 bridgehead atoms. The molecular weight excluding hydrogens is 270 g/mol. The van der Waals surface area contributed by atoms with Gasteiger partial charge in [0.1, 0.15) is 12.3 Å². The summed E-state index contributed by atoms with van der Waals surface area (Å²) in [4.78, 5) is 21.8. The molecule has 2 aromatic rings. The number of carbonyl (C=O) groups is 2. The van der Waals surface area contributed by atoms with Crippen molar-refractivity contribution in [3.05, 3.63) is 54.6 Å². The molecule has 0 atom stereocenters. The lowest BCUT2D eigenvalue weighted by Crippen LogP contribution is -2.33. The highest BCUT2D eigenvalue weighted by Gasteiger charge is 2.08. The van der Waals surface area contributed by atoms with Crippen LogP contribution >= 0.6 is 0 Å². The Hall–Kier alpha value is -2.82. The first-order chi connectivity index (χ1) is 10.2. The molecule has 0 heterocycles. The average Bonchev–Trinajstić information content (AvgIpc) is 2.52. The Labute approximate surface area is 122 Å². The monoisotopic (exact) mass is 285 g/mol. The zero-order chi connectivity index (χ0) is 15.1. The smallest absolute Gasteiger partial charge is 0.322 e. The second-order valence-electron chi connectivity index (χ2n) is 4.32. The zero-order valence-corrected chi connectivity index (χ0v) is 11.3. The molecule has 0 saturated heterocycles. The molecule has 2 rings (SSSR count). The molecule has 0 aliphatic carbocycles. The van der Waals surface area contributed by atoms with Gasteiger partial charge in [-0.2, -0.15) is 0 Å². The minimum absolute atomic E-state index is 0.225. The number of para-hydroxylation sites is 1. The standard InChI is InChI=1S/C16H15NO4/c18-15(17-10-16(19)20)11-21-14-9-5-4-8-13(14)12-6-2-1-3-7-12/h1-9H,10-11H2,(H,17,18)(H,19,20). The molecule has 0 aliphatic rings. The molecule has 2 aromatic carbocycles. The van der Waals surface area contributed by atoms with Crippen LogP contribution < -0.4 is 10.1 Å². The fourth-order valence-electron chi connectivity index (χ4n) is 1.82. The van der Waals surface area contributed by atoms with E-state index in [0.29, 0.717) is 5.75 Å². The van der Waals surface area contributed by atoms with E-state index < -0.39 is 18.4 Å². The van der Waals surface area contributed by atoms with Gasteiger partial charge in [0.2, 0.25) is 0 Å². The third-order valence-electron chi connectivity index (χ3n) is 2.77. The zero-order valence-electron chi connectivity index (χ0n) is 11.3. The number of hydrogen-bond acceptors (Lipinski definition) is 3. The molecule has 1 amide bonds. The average molecular weight is 285 g/mol. The number of rotatable bonds is 6. The number of benzene rings is 2. The molecule has 21 heavy (non-hydrogen) atoms. The summed E-state index contributed by atoms with van der Waals surface area (Å²) >= 11 is 0. The molecule has 0 fully saturated rings. The van der Waals surface area contributed by atoms with Crippen molar-refractivity contribution in [2.75, 3.05) is 13.2 Å². The third-order valence-corrected chi connectivity index (χ3v) is 2.77. The van der Waals surface area contributed by atoms with Gasteiger partial charge in [0.25, 0.3) is 5.91 Å². The van der Waals surface area contributed by atoms with E-state index in [-0.39, 0.29) is 6.61 Å². The molecule has 5 heteroatoms. The van der Waals surface area contributed by atoms with Crippen LogP contribution in [0.5, 0.6) is 5.75 Å². The van der Waals surface area contributed by atoms with Crippen LogP contribution in [0.2, 0.25) is 0 Å². The molecule has 0 spiro atoms. The van der Waals surface area contributed by atoms with Crippen molar-refractivity contribution in [3.8, 4) is 16.9 Å². The number of amides is 1. The lowest BCUT2D eigenvalue weighted by molar-refractivity contribution is -0.138. The second-order valence-corrected chi connectivity index (χ2v) is 4.32. The van der Waals surface area contributed by atoms with Crippen molar-refractivity contribution in [2.45, 2.75) is 0 Å². The molecule has 0 aromatic heterocycles. The summed E-state index contributed by atoms with van der Waals surface area (Å²) in [5.41, 5.74) is 1.86. The van der Waals surface area contributed by atoms with Crippen molar-refractivity contribution in [3.63, 3.8) is 0 Å². The first-order valence-corrected chi connectivity index (χ1v) is 6.42. The van der Waals surface area contributed by atoms with Crippen LogP contribution in [-0.4, -0.2) is 30.1 Å². The quantitative estimate of drug-likeness (QED) is 0.850. The molecule has 0 unspecified atom stereocenters. The molecule has 0 aliphatic heterocycles. The van der Waals surface area contributed by atoms with Gasteiger partial charge in [-0.15, -0.1) is 0 Å². The van der Waals surface area contributed by atoms with Gasteiger partial charge in [0.15, 0.2) is 6.61 Å². The van der Waals surface area contributed by atoms with E-state index in [2.05, 4.69) is 5.32 Å². The van der Waals surface area contributed by atoms with Crippen LogP contribution in [0.3, 0.4) is 0 Å². The maximum absolute atomic E-state index is 11.5. The van der Waals surface area contributed by atoms with Crippen LogP contribution in [-0.2, 0) is 9.59 Å². The molecule has 5 nitrogen and oxygen atoms in total. The van der Waals surface area contributed by atoms with E-state index in [1.54, 1.807) is 6.07 Å². The van der Waals surface area contributed by atoms with Gasteiger partial charge in [0, 0.05) is 5.56 Å². The maximum Gasteiger partial charge on any atom is 0.322 e. The molecule has 2 N–H and O–H groups in total. The number of hydrogen-bond donors (Lipinski definition) is 2. The van der Waals surface area contributed by atoms with Crippen molar-refractivity contribution >= 4 is 11.9 Å². The third kappa shape index (κ3) is 4.35. The molecule has 0 saturated carbocycles. The lowest BCUT2D eigenvalue weighted by Gasteiger charge is -2.11. The summed E-state index contributed by atoms with van der Waals surface area (Å²) in [6.07, 6.45) is 0. The second kappa shape index (κ2) is 7.09. The van der Waals surface area contributed by atoms with Gasteiger partial charge >= 0.3 is 5.97 Å². The van der Waals surface area contributed by atoms with Gasteiger partial charge in [-0.05, 0) is 11.6 Å². The normalized spacial score (nSPS) is 9.90. The highest BCUT2D eigenvalue weighted by atomic mass is 16.5. The number of nitrogens with one attached hydrogen (secondary N) is 1. The van der Waals surface area contributed by atoms with Crippen molar-refractivity contribution in [1.29, 1.82) is 0 Å². The summed E-state index contributed by atoms with van der Waals surface area (Å²) in [5, 5.41) is 10.7. The van der Waals surface area contributed by atoms with Gasteiger partial charge in [-0.1, -0.05) is 48.5 Å². The first kappa shape index (κ1) is 14.6. The number of carboxylic acid groups (broad SMARTS) is 1. The van der Waals surface area contributed by atoms with Gasteiger partial charge < -0.3 is 15.2 Å². The summed E-state index contributed by atoms with van der Waals surface area (Å²) in [6.45, 7) is -0.639. The van der Waals surface area contributed by atoms with E-state index in [1.807, 2.05) is 48.5 Å². The van der Waals surface area contributed by atoms with Crippen LogP contribution in [0.25, 0.3) is 11.1 Å². The van der Waals surface area contributed by atoms with E-state index >= 15 is 0 Å². The van der Waals surface area contributed by atoms with Crippen LogP contribution in [0.4, 0.5) is 0 Å². The number of aliphatic carboxylic acids is 1. The maximum atomic E-state index is 11.5. The minimum atomic E-state index is -1.09. The van der Waals surface area contributed by atoms with Gasteiger partial charge in [-0.3, -0.25) is 9.59 Å². The Morgan fingerprint density at radius 3 is 2.38 bits per heavy atom. The summed E-state index contributed by atoms with van der Waals surface area (Å²) in [5.74, 6) is -0.984. The predicted molar refractivity (Wildman–Crippen MR) is 78.0 cm³/mol. The van der Waals surface area contributed by atoms with Crippen LogP contribution in [0, 0.1) is 0 Å². The summed E-state index contributed by atoms with van der Waals surface area (Å²) in [7, 11) is 0. The van der Waals surface area contributed by atoms with E-state index in [1.165, 1.54) is 0 Å². The fraction of sp³-hybridized carbons (Fsp3) is 0.125. The van der Waals surface area contributed by atoms with Crippen LogP contribution in [0.1, 0.15) is 0 Å².